The predicted molar refractivity (Wildman–Crippen MR) is 106 cm³/mol. The van der Waals surface area contributed by atoms with Gasteiger partial charge >= 0.3 is 0 Å². The Balaban J connectivity index is 1.47. The summed E-state index contributed by atoms with van der Waals surface area (Å²) in [7, 11) is 0. The second-order valence-corrected chi connectivity index (χ2v) is 7.41. The van der Waals surface area contributed by atoms with Crippen molar-refractivity contribution in [3.8, 4) is 0 Å². The maximum absolute atomic E-state index is 6.17. The normalized spacial score (nSPS) is 21.9. The van der Waals surface area contributed by atoms with Gasteiger partial charge in [-0.1, -0.05) is 0 Å². The topological polar surface area (TPSA) is 75.6 Å². The van der Waals surface area contributed by atoms with Crippen LogP contribution in [0.4, 0.5) is 17.5 Å². The number of morpholine rings is 1. The first-order valence-corrected chi connectivity index (χ1v) is 10.1. The zero-order chi connectivity index (χ0) is 18.8. The van der Waals surface area contributed by atoms with E-state index < -0.39 is 0 Å². The summed E-state index contributed by atoms with van der Waals surface area (Å²) in [6.45, 7) is 6.44. The minimum Gasteiger partial charge on any atom is -0.378 e. The molecule has 2 saturated heterocycles. The summed E-state index contributed by atoms with van der Waals surface area (Å²) in [4.78, 5) is 18.6. The summed E-state index contributed by atoms with van der Waals surface area (Å²) in [5.74, 6) is 1.77. The third kappa shape index (κ3) is 3.55. The van der Waals surface area contributed by atoms with Crippen molar-refractivity contribution in [2.75, 3.05) is 55.7 Å². The molecule has 0 aromatic carbocycles. The van der Waals surface area contributed by atoms with Gasteiger partial charge in [-0.15, -0.1) is 0 Å². The van der Waals surface area contributed by atoms with Crippen molar-refractivity contribution in [3.05, 3.63) is 35.8 Å². The van der Waals surface area contributed by atoms with Crippen LogP contribution in [-0.2, 0) is 22.5 Å². The highest BCUT2D eigenvalue weighted by Gasteiger charge is 2.29. The largest absolute Gasteiger partial charge is 0.378 e. The average molecular weight is 382 g/mol. The molecule has 0 radical (unpaired) electrons. The highest BCUT2D eigenvalue weighted by Crippen LogP contribution is 2.35. The quantitative estimate of drug-likeness (QED) is 0.829. The van der Waals surface area contributed by atoms with Gasteiger partial charge in [-0.3, -0.25) is 4.98 Å². The molecule has 28 heavy (non-hydrogen) atoms. The van der Waals surface area contributed by atoms with Gasteiger partial charge in [-0.05, 0) is 31.5 Å². The summed E-state index contributed by atoms with van der Waals surface area (Å²) in [5, 5.41) is 3.36. The van der Waals surface area contributed by atoms with E-state index in [1.165, 1.54) is 5.56 Å². The molecule has 2 aromatic heterocycles. The van der Waals surface area contributed by atoms with Crippen LogP contribution >= 0.6 is 0 Å². The Hall–Kier alpha value is -2.29. The average Bonchev–Trinajstić information content (AvgIpc) is 3.43. The second-order valence-electron chi connectivity index (χ2n) is 7.41. The van der Waals surface area contributed by atoms with Crippen LogP contribution in [0.2, 0.25) is 0 Å². The summed E-state index contributed by atoms with van der Waals surface area (Å²) in [5.41, 5.74) is 3.29. The first-order chi connectivity index (χ1) is 13.9. The molecule has 1 N–H and O–H groups in total. The third-order valence-corrected chi connectivity index (χ3v) is 5.62. The maximum atomic E-state index is 6.17. The van der Waals surface area contributed by atoms with E-state index in [0.29, 0.717) is 19.8 Å². The van der Waals surface area contributed by atoms with Crippen LogP contribution < -0.4 is 15.1 Å². The minimum absolute atomic E-state index is 0.272. The van der Waals surface area contributed by atoms with E-state index in [-0.39, 0.29) is 6.10 Å². The molecule has 0 aliphatic carbocycles. The molecule has 3 aliphatic heterocycles. The Kier molecular flexibility index (Phi) is 5.07. The van der Waals surface area contributed by atoms with Crippen LogP contribution in [0.25, 0.3) is 0 Å². The molecule has 2 aromatic rings. The van der Waals surface area contributed by atoms with E-state index in [1.807, 2.05) is 12.3 Å². The van der Waals surface area contributed by atoms with Crippen molar-refractivity contribution in [2.24, 2.45) is 0 Å². The molecule has 1 unspecified atom stereocenters. The highest BCUT2D eigenvalue weighted by atomic mass is 16.5. The Labute approximate surface area is 164 Å². The number of hydrogen-bond donors (Lipinski definition) is 1. The Morgan fingerprint density at radius 3 is 2.93 bits per heavy atom. The molecule has 8 heteroatoms. The fourth-order valence-corrected chi connectivity index (χ4v) is 4.07. The van der Waals surface area contributed by atoms with Crippen LogP contribution in [-0.4, -0.2) is 67.0 Å². The van der Waals surface area contributed by atoms with Gasteiger partial charge in [0.1, 0.15) is 5.82 Å². The number of hydrogen-bond acceptors (Lipinski definition) is 8. The highest BCUT2D eigenvalue weighted by molar-refractivity contribution is 5.67. The number of pyridine rings is 1. The monoisotopic (exact) mass is 382 g/mol. The first kappa shape index (κ1) is 17.8. The van der Waals surface area contributed by atoms with Crippen molar-refractivity contribution in [3.63, 3.8) is 0 Å². The number of ether oxygens (including phenoxy) is 2. The summed E-state index contributed by atoms with van der Waals surface area (Å²) in [6.07, 6.45) is 5.95. The molecule has 5 rings (SSSR count). The lowest BCUT2D eigenvalue weighted by atomic mass is 10.2. The number of rotatable bonds is 5. The fraction of sp³-hybridized carbons (Fsp3) is 0.550. The van der Waals surface area contributed by atoms with Crippen LogP contribution in [0.5, 0.6) is 0 Å². The van der Waals surface area contributed by atoms with Crippen LogP contribution in [0.1, 0.15) is 17.7 Å². The number of aromatic nitrogens is 3. The van der Waals surface area contributed by atoms with Crippen molar-refractivity contribution in [2.45, 2.75) is 25.6 Å². The maximum Gasteiger partial charge on any atom is 0.227 e. The zero-order valence-corrected chi connectivity index (χ0v) is 16.0. The molecule has 5 heterocycles. The summed E-state index contributed by atoms with van der Waals surface area (Å²) < 4.78 is 11.7. The molecule has 8 nitrogen and oxygen atoms in total. The van der Waals surface area contributed by atoms with Crippen LogP contribution in [0.3, 0.4) is 0 Å². The number of fused-ring (bicyclic) bond motifs is 1. The standard InChI is InChI=1S/C20H26N6O2/c1-2-15(12-21-5-1)26-7-4-17-18(14-28-16-3-6-22-13-16)23-20(24-19(17)26)25-8-10-27-11-9-25/h1-2,5,12,16,22H,3-4,6-11,13-14H2. The van der Waals surface area contributed by atoms with E-state index >= 15 is 0 Å². The van der Waals surface area contributed by atoms with Crippen LogP contribution in [0, 0.1) is 0 Å². The molecule has 0 amide bonds. The van der Waals surface area contributed by atoms with Gasteiger partial charge in [-0.25, -0.2) is 4.98 Å². The lowest BCUT2D eigenvalue weighted by Crippen LogP contribution is -2.37. The van der Waals surface area contributed by atoms with Gasteiger partial charge in [0.2, 0.25) is 5.95 Å². The van der Waals surface area contributed by atoms with Crippen molar-refractivity contribution in [1.29, 1.82) is 0 Å². The minimum atomic E-state index is 0.272. The van der Waals surface area contributed by atoms with E-state index in [0.717, 1.165) is 68.7 Å². The van der Waals surface area contributed by atoms with Gasteiger partial charge in [0, 0.05) is 37.9 Å². The van der Waals surface area contributed by atoms with Gasteiger partial charge in [0.05, 0.1) is 43.5 Å². The molecular weight excluding hydrogens is 356 g/mol. The van der Waals surface area contributed by atoms with Gasteiger partial charge in [-0.2, -0.15) is 4.98 Å². The Bertz CT molecular complexity index is 806. The van der Waals surface area contributed by atoms with E-state index in [2.05, 4.69) is 26.2 Å². The van der Waals surface area contributed by atoms with Crippen molar-refractivity contribution in [1.82, 2.24) is 20.3 Å². The molecule has 1 atom stereocenters. The van der Waals surface area contributed by atoms with E-state index in [9.17, 15) is 0 Å². The van der Waals surface area contributed by atoms with Gasteiger partial charge < -0.3 is 24.6 Å². The number of nitrogens with one attached hydrogen (secondary N) is 1. The fourth-order valence-electron chi connectivity index (χ4n) is 4.07. The molecule has 2 fully saturated rings. The third-order valence-electron chi connectivity index (χ3n) is 5.62. The van der Waals surface area contributed by atoms with Gasteiger partial charge in [0.15, 0.2) is 0 Å². The Morgan fingerprint density at radius 1 is 1.21 bits per heavy atom. The molecule has 148 valence electrons. The summed E-state index contributed by atoms with van der Waals surface area (Å²) in [6, 6.07) is 4.05. The Morgan fingerprint density at radius 2 is 2.14 bits per heavy atom. The predicted octanol–water partition coefficient (Wildman–Crippen LogP) is 1.28. The second kappa shape index (κ2) is 7.98. The smallest absolute Gasteiger partial charge is 0.227 e. The van der Waals surface area contributed by atoms with Crippen LogP contribution in [0.15, 0.2) is 24.5 Å². The molecule has 0 bridgehead atoms. The molecule has 3 aliphatic rings. The molecule has 0 saturated carbocycles. The molecule has 0 spiro atoms. The lowest BCUT2D eigenvalue weighted by Gasteiger charge is -2.28. The zero-order valence-electron chi connectivity index (χ0n) is 16.0. The first-order valence-electron chi connectivity index (χ1n) is 10.1. The number of nitrogens with zero attached hydrogens (tertiary/aromatic N) is 5. The van der Waals surface area contributed by atoms with Crippen molar-refractivity contribution >= 4 is 17.5 Å². The lowest BCUT2D eigenvalue weighted by molar-refractivity contribution is 0.0518. The number of anilines is 3. The van der Waals surface area contributed by atoms with E-state index in [1.54, 1.807) is 6.20 Å². The van der Waals surface area contributed by atoms with Gasteiger partial charge in [0.25, 0.3) is 0 Å². The van der Waals surface area contributed by atoms with E-state index in [4.69, 9.17) is 19.4 Å². The molecular formula is C20H26N6O2. The SMILES string of the molecule is c1cncc(N2CCc3c(COC4CCNC4)nc(N4CCOCC4)nc32)c1. The summed E-state index contributed by atoms with van der Waals surface area (Å²) >= 11 is 0. The van der Waals surface area contributed by atoms with Crippen molar-refractivity contribution < 1.29 is 9.47 Å².